The van der Waals surface area contributed by atoms with Crippen molar-refractivity contribution in [2.24, 2.45) is 0 Å². The highest BCUT2D eigenvalue weighted by atomic mass is 19.1. The lowest BCUT2D eigenvalue weighted by molar-refractivity contribution is -0.118. The topological polar surface area (TPSA) is 56.1 Å². The van der Waals surface area contributed by atoms with E-state index in [1.165, 1.54) is 12.1 Å². The standard InChI is InChI=1S/C24H20FN3O2/c1-17-15-23(28(27-17)20-13-11-19(25)12-14-20)26-24(29)16-30-22-10-6-5-9-21(22)18-7-3-2-4-8-18/h2-15H,16H2,1H3,(H,26,29). The van der Waals surface area contributed by atoms with Crippen LogP contribution in [0.25, 0.3) is 16.8 Å². The Hall–Kier alpha value is -3.93. The van der Waals surface area contributed by atoms with Gasteiger partial charge in [0.15, 0.2) is 6.61 Å². The molecule has 0 aliphatic heterocycles. The highest BCUT2D eigenvalue weighted by Crippen LogP contribution is 2.29. The maximum atomic E-state index is 13.2. The number of ether oxygens (including phenoxy) is 1. The van der Waals surface area contributed by atoms with Gasteiger partial charge in [0.1, 0.15) is 17.4 Å². The number of halogens is 1. The van der Waals surface area contributed by atoms with Crippen molar-refractivity contribution in [1.29, 1.82) is 0 Å². The second kappa shape index (κ2) is 8.61. The van der Waals surface area contributed by atoms with Gasteiger partial charge in [-0.2, -0.15) is 5.10 Å². The molecular weight excluding hydrogens is 381 g/mol. The number of hydrogen-bond donors (Lipinski definition) is 1. The molecule has 0 aliphatic carbocycles. The first-order chi connectivity index (χ1) is 14.6. The Morgan fingerprint density at radius 1 is 1.00 bits per heavy atom. The maximum Gasteiger partial charge on any atom is 0.263 e. The van der Waals surface area contributed by atoms with E-state index in [1.807, 2.05) is 61.5 Å². The molecule has 0 saturated heterocycles. The van der Waals surface area contributed by atoms with E-state index in [0.29, 0.717) is 17.3 Å². The van der Waals surface area contributed by atoms with Gasteiger partial charge < -0.3 is 10.1 Å². The molecule has 0 unspecified atom stereocenters. The van der Waals surface area contributed by atoms with Gasteiger partial charge in [0.05, 0.1) is 11.4 Å². The molecule has 30 heavy (non-hydrogen) atoms. The predicted octanol–water partition coefficient (Wildman–Crippen LogP) is 5.00. The molecule has 0 fully saturated rings. The highest BCUT2D eigenvalue weighted by molar-refractivity contribution is 5.91. The Labute approximate surface area is 173 Å². The number of anilines is 1. The van der Waals surface area contributed by atoms with E-state index in [0.717, 1.165) is 16.8 Å². The van der Waals surface area contributed by atoms with E-state index in [-0.39, 0.29) is 18.3 Å². The average molecular weight is 401 g/mol. The van der Waals surface area contributed by atoms with Crippen LogP contribution in [0.4, 0.5) is 10.2 Å². The van der Waals surface area contributed by atoms with Gasteiger partial charge in [-0.15, -0.1) is 0 Å². The Morgan fingerprint density at radius 2 is 1.70 bits per heavy atom. The fourth-order valence-corrected chi connectivity index (χ4v) is 3.14. The van der Waals surface area contributed by atoms with E-state index >= 15 is 0 Å². The zero-order chi connectivity index (χ0) is 20.9. The number of hydrogen-bond acceptors (Lipinski definition) is 3. The molecule has 4 rings (SSSR count). The minimum absolute atomic E-state index is 0.155. The molecule has 0 radical (unpaired) electrons. The number of amides is 1. The summed E-state index contributed by atoms with van der Waals surface area (Å²) in [6.45, 7) is 1.67. The van der Waals surface area contributed by atoms with Crippen LogP contribution in [0, 0.1) is 12.7 Å². The van der Waals surface area contributed by atoms with Crippen LogP contribution in [-0.4, -0.2) is 22.3 Å². The summed E-state index contributed by atoms with van der Waals surface area (Å²) >= 11 is 0. The van der Waals surface area contributed by atoms with Crippen molar-refractivity contribution in [1.82, 2.24) is 9.78 Å². The third-order valence-electron chi connectivity index (χ3n) is 4.50. The number of rotatable bonds is 6. The van der Waals surface area contributed by atoms with Crippen molar-refractivity contribution in [3.05, 3.63) is 96.4 Å². The molecule has 0 bridgehead atoms. The first-order valence-electron chi connectivity index (χ1n) is 9.50. The van der Waals surface area contributed by atoms with Gasteiger partial charge in [0.25, 0.3) is 5.91 Å². The predicted molar refractivity (Wildman–Crippen MR) is 114 cm³/mol. The van der Waals surface area contributed by atoms with Crippen molar-refractivity contribution >= 4 is 11.7 Å². The smallest absolute Gasteiger partial charge is 0.263 e. The normalized spacial score (nSPS) is 10.6. The lowest BCUT2D eigenvalue weighted by Crippen LogP contribution is -2.22. The zero-order valence-corrected chi connectivity index (χ0v) is 16.4. The average Bonchev–Trinajstić information content (AvgIpc) is 3.13. The van der Waals surface area contributed by atoms with E-state index in [4.69, 9.17) is 4.74 Å². The van der Waals surface area contributed by atoms with Gasteiger partial charge in [0.2, 0.25) is 0 Å². The molecule has 1 aromatic heterocycles. The zero-order valence-electron chi connectivity index (χ0n) is 16.4. The van der Waals surface area contributed by atoms with Crippen LogP contribution in [0.1, 0.15) is 5.69 Å². The lowest BCUT2D eigenvalue weighted by Gasteiger charge is -2.12. The van der Waals surface area contributed by atoms with Crippen molar-refractivity contribution in [2.75, 3.05) is 11.9 Å². The minimum atomic E-state index is -0.335. The Balaban J connectivity index is 1.48. The van der Waals surface area contributed by atoms with Crippen molar-refractivity contribution < 1.29 is 13.9 Å². The van der Waals surface area contributed by atoms with Crippen molar-refractivity contribution in [3.8, 4) is 22.6 Å². The largest absolute Gasteiger partial charge is 0.483 e. The number of aryl methyl sites for hydroxylation is 1. The fourth-order valence-electron chi connectivity index (χ4n) is 3.14. The second-order valence-electron chi connectivity index (χ2n) is 6.76. The first-order valence-corrected chi connectivity index (χ1v) is 9.50. The summed E-state index contributed by atoms with van der Waals surface area (Å²) in [5, 5.41) is 7.19. The summed E-state index contributed by atoms with van der Waals surface area (Å²) in [6, 6.07) is 25.1. The van der Waals surface area contributed by atoms with E-state index in [9.17, 15) is 9.18 Å². The van der Waals surface area contributed by atoms with Crippen LogP contribution >= 0.6 is 0 Å². The third-order valence-corrected chi connectivity index (χ3v) is 4.50. The Bertz CT molecular complexity index is 1150. The summed E-state index contributed by atoms with van der Waals surface area (Å²) in [4.78, 5) is 12.5. The van der Waals surface area contributed by atoms with Gasteiger partial charge in [-0.3, -0.25) is 4.79 Å². The van der Waals surface area contributed by atoms with Crippen LogP contribution in [0.3, 0.4) is 0 Å². The number of aromatic nitrogens is 2. The number of carbonyl (C=O) groups is 1. The van der Waals surface area contributed by atoms with Crippen LogP contribution in [-0.2, 0) is 4.79 Å². The lowest BCUT2D eigenvalue weighted by atomic mass is 10.1. The molecule has 3 aromatic carbocycles. The Morgan fingerprint density at radius 3 is 2.47 bits per heavy atom. The number of nitrogens with one attached hydrogen (secondary N) is 1. The molecule has 0 spiro atoms. The van der Waals surface area contributed by atoms with Crippen molar-refractivity contribution in [3.63, 3.8) is 0 Å². The van der Waals surface area contributed by atoms with Crippen LogP contribution < -0.4 is 10.1 Å². The Kier molecular flexibility index (Phi) is 5.57. The molecule has 1 heterocycles. The van der Waals surface area contributed by atoms with Crippen LogP contribution in [0.5, 0.6) is 5.75 Å². The molecule has 5 nitrogen and oxygen atoms in total. The molecular formula is C24H20FN3O2. The molecule has 6 heteroatoms. The molecule has 1 N–H and O–H groups in total. The van der Waals surface area contributed by atoms with Crippen LogP contribution in [0.15, 0.2) is 84.9 Å². The summed E-state index contributed by atoms with van der Waals surface area (Å²) in [5.74, 6) is 0.464. The monoisotopic (exact) mass is 401 g/mol. The molecule has 0 aliphatic rings. The number of carbonyl (C=O) groups excluding carboxylic acids is 1. The summed E-state index contributed by atoms with van der Waals surface area (Å²) in [5.41, 5.74) is 3.30. The molecule has 0 saturated carbocycles. The van der Waals surface area contributed by atoms with Gasteiger partial charge in [0, 0.05) is 11.6 Å². The van der Waals surface area contributed by atoms with Gasteiger partial charge in [-0.05, 0) is 42.8 Å². The van der Waals surface area contributed by atoms with Gasteiger partial charge in [-0.25, -0.2) is 9.07 Å². The summed E-state index contributed by atoms with van der Waals surface area (Å²) < 4.78 is 20.6. The molecule has 4 aromatic rings. The quantitative estimate of drug-likeness (QED) is 0.494. The van der Waals surface area contributed by atoms with E-state index in [1.54, 1.807) is 22.9 Å². The number of nitrogens with zero attached hydrogens (tertiary/aromatic N) is 2. The van der Waals surface area contributed by atoms with E-state index in [2.05, 4.69) is 10.4 Å². The van der Waals surface area contributed by atoms with E-state index < -0.39 is 0 Å². The minimum Gasteiger partial charge on any atom is -0.483 e. The van der Waals surface area contributed by atoms with Gasteiger partial charge >= 0.3 is 0 Å². The maximum absolute atomic E-state index is 13.2. The van der Waals surface area contributed by atoms with Crippen molar-refractivity contribution in [2.45, 2.75) is 6.92 Å². The second-order valence-corrected chi connectivity index (χ2v) is 6.76. The summed E-state index contributed by atoms with van der Waals surface area (Å²) in [6.07, 6.45) is 0. The number of benzene rings is 3. The third kappa shape index (κ3) is 4.38. The first kappa shape index (κ1) is 19.4. The fraction of sp³-hybridized carbons (Fsp3) is 0.0833. The molecule has 1 amide bonds. The molecule has 0 atom stereocenters. The highest BCUT2D eigenvalue weighted by Gasteiger charge is 2.13. The summed E-state index contributed by atoms with van der Waals surface area (Å²) in [7, 11) is 0. The molecule has 150 valence electrons. The van der Waals surface area contributed by atoms with Crippen LogP contribution in [0.2, 0.25) is 0 Å². The van der Waals surface area contributed by atoms with Gasteiger partial charge in [-0.1, -0.05) is 48.5 Å². The number of para-hydroxylation sites is 1. The SMILES string of the molecule is Cc1cc(NC(=O)COc2ccccc2-c2ccccc2)n(-c2ccc(F)cc2)n1.